The molecule has 1 rings (SSSR count). The average molecular weight is 246 g/mol. The largest absolute Gasteiger partial charge is 0.295 e. The second kappa shape index (κ2) is 3.83. The fraction of sp³-hybridized carbons (Fsp3) is 0.375. The molecule has 0 amide bonds. The molecule has 0 unspecified atom stereocenters. The lowest BCUT2D eigenvalue weighted by Gasteiger charge is -2.08. The maximum Gasteiger partial charge on any atom is 0.279 e. The Hall–Kier alpha value is -0.970. The Kier molecular flexibility index (Phi) is 2.98. The molecule has 0 saturated heterocycles. The molecule has 0 heterocycles. The van der Waals surface area contributed by atoms with Crippen molar-refractivity contribution < 1.29 is 9.72 Å². The highest BCUT2D eigenvalue weighted by Gasteiger charge is 2.21. The van der Waals surface area contributed by atoms with E-state index in [-0.39, 0.29) is 11.5 Å². The first kappa shape index (κ1) is 10.1. The second-order valence-electron chi connectivity index (χ2n) is 2.77. The molecule has 1 aliphatic carbocycles. The highest BCUT2D eigenvalue weighted by molar-refractivity contribution is 9.11. The van der Waals surface area contributed by atoms with Crippen molar-refractivity contribution in [3.05, 3.63) is 31.9 Å². The summed E-state index contributed by atoms with van der Waals surface area (Å²) in [6.45, 7) is 1.42. The van der Waals surface area contributed by atoms with E-state index in [0.717, 1.165) is 0 Å². The zero-order valence-corrected chi connectivity index (χ0v) is 8.63. The van der Waals surface area contributed by atoms with Crippen LogP contribution in [0.15, 0.2) is 21.8 Å². The first-order valence-corrected chi connectivity index (χ1v) is 4.56. The molecule has 0 spiro atoms. The Morgan fingerprint density at radius 1 is 1.62 bits per heavy atom. The number of hydrogen-bond acceptors (Lipinski definition) is 3. The maximum atomic E-state index is 10.9. The summed E-state index contributed by atoms with van der Waals surface area (Å²) in [6.07, 6.45) is 2.45. The van der Waals surface area contributed by atoms with Gasteiger partial charge in [0.1, 0.15) is 0 Å². The molecular formula is C8H8BrNO3. The third-order valence-electron chi connectivity index (χ3n) is 1.85. The number of carbonyl (C=O) groups is 1. The number of hydrogen-bond donors (Lipinski definition) is 0. The summed E-state index contributed by atoms with van der Waals surface area (Å²) < 4.78 is 0.558. The summed E-state index contributed by atoms with van der Waals surface area (Å²) >= 11 is 3.11. The van der Waals surface area contributed by atoms with Crippen molar-refractivity contribution in [3.63, 3.8) is 0 Å². The molecule has 5 heteroatoms. The number of allylic oxidation sites excluding steroid dienone is 3. The van der Waals surface area contributed by atoms with E-state index in [0.29, 0.717) is 22.9 Å². The predicted octanol–water partition coefficient (Wildman–Crippen LogP) is 2.18. The van der Waals surface area contributed by atoms with Gasteiger partial charge >= 0.3 is 0 Å². The Morgan fingerprint density at radius 2 is 2.23 bits per heavy atom. The van der Waals surface area contributed by atoms with Gasteiger partial charge in [0.05, 0.1) is 9.41 Å². The van der Waals surface area contributed by atoms with E-state index in [1.165, 1.54) is 13.0 Å². The van der Waals surface area contributed by atoms with E-state index in [4.69, 9.17) is 0 Å². The van der Waals surface area contributed by atoms with Crippen LogP contribution < -0.4 is 0 Å². The zero-order valence-electron chi connectivity index (χ0n) is 7.04. The molecule has 1 aliphatic rings. The lowest BCUT2D eigenvalue weighted by atomic mass is 10.0. The van der Waals surface area contributed by atoms with Crippen LogP contribution in [0.2, 0.25) is 0 Å². The Morgan fingerprint density at radius 3 is 2.69 bits per heavy atom. The fourth-order valence-electron chi connectivity index (χ4n) is 1.12. The van der Waals surface area contributed by atoms with Gasteiger partial charge in [-0.3, -0.25) is 14.9 Å². The molecule has 0 fully saturated rings. The van der Waals surface area contributed by atoms with Crippen LogP contribution in [-0.2, 0) is 4.79 Å². The lowest BCUT2D eigenvalue weighted by molar-refractivity contribution is -0.419. The van der Waals surface area contributed by atoms with Gasteiger partial charge in [0.25, 0.3) is 5.70 Å². The van der Waals surface area contributed by atoms with Crippen LogP contribution in [0.3, 0.4) is 0 Å². The highest BCUT2D eigenvalue weighted by Crippen LogP contribution is 2.28. The minimum atomic E-state index is -0.480. The standard InChI is InChI=1S/C8H8BrNO3/c1-5(11)6-2-3-7(9)8(4-6)10(12)13/h4H,2-3H2,1H3. The van der Waals surface area contributed by atoms with Crippen molar-refractivity contribution in [2.24, 2.45) is 0 Å². The minimum Gasteiger partial charge on any atom is -0.295 e. The summed E-state index contributed by atoms with van der Waals surface area (Å²) in [5.74, 6) is -0.0978. The van der Waals surface area contributed by atoms with E-state index >= 15 is 0 Å². The number of ketones is 1. The summed E-state index contributed by atoms with van der Waals surface area (Å²) in [5, 5.41) is 10.5. The van der Waals surface area contributed by atoms with E-state index in [2.05, 4.69) is 15.9 Å². The van der Waals surface area contributed by atoms with Crippen molar-refractivity contribution in [1.82, 2.24) is 0 Å². The number of nitrogens with zero attached hydrogens (tertiary/aromatic N) is 1. The van der Waals surface area contributed by atoms with Crippen LogP contribution in [0, 0.1) is 10.1 Å². The Bertz CT molecular complexity index is 330. The van der Waals surface area contributed by atoms with Gasteiger partial charge < -0.3 is 0 Å². The molecule has 0 N–H and O–H groups in total. The van der Waals surface area contributed by atoms with Crippen LogP contribution >= 0.6 is 15.9 Å². The van der Waals surface area contributed by atoms with E-state index in [9.17, 15) is 14.9 Å². The topological polar surface area (TPSA) is 60.2 Å². The molecule has 0 bridgehead atoms. The molecule has 4 nitrogen and oxygen atoms in total. The maximum absolute atomic E-state index is 10.9. The smallest absolute Gasteiger partial charge is 0.279 e. The molecular weight excluding hydrogens is 238 g/mol. The normalized spacial score (nSPS) is 16.9. The van der Waals surface area contributed by atoms with Crippen molar-refractivity contribution in [1.29, 1.82) is 0 Å². The van der Waals surface area contributed by atoms with Gasteiger partial charge in [0.2, 0.25) is 0 Å². The highest BCUT2D eigenvalue weighted by atomic mass is 79.9. The van der Waals surface area contributed by atoms with Gasteiger partial charge in [-0.05, 0) is 35.7 Å². The van der Waals surface area contributed by atoms with Crippen LogP contribution in [0.5, 0.6) is 0 Å². The van der Waals surface area contributed by atoms with Crippen LogP contribution in [0.25, 0.3) is 0 Å². The van der Waals surface area contributed by atoms with Crippen molar-refractivity contribution in [2.75, 3.05) is 0 Å². The second-order valence-corrected chi connectivity index (χ2v) is 3.73. The molecule has 0 saturated carbocycles. The van der Waals surface area contributed by atoms with Crippen LogP contribution in [0.4, 0.5) is 0 Å². The van der Waals surface area contributed by atoms with Crippen LogP contribution in [-0.4, -0.2) is 10.7 Å². The summed E-state index contributed by atoms with van der Waals surface area (Å²) in [4.78, 5) is 21.0. The molecule has 0 radical (unpaired) electrons. The number of nitro groups is 1. The van der Waals surface area contributed by atoms with Crippen molar-refractivity contribution in [2.45, 2.75) is 19.8 Å². The first-order chi connectivity index (χ1) is 6.02. The van der Waals surface area contributed by atoms with E-state index in [1.807, 2.05) is 0 Å². The zero-order chi connectivity index (χ0) is 10.0. The number of carbonyl (C=O) groups excluding carboxylic acids is 1. The molecule has 0 aliphatic heterocycles. The summed E-state index contributed by atoms with van der Waals surface area (Å²) in [5.41, 5.74) is 0.520. The van der Waals surface area contributed by atoms with Crippen LogP contribution in [0.1, 0.15) is 19.8 Å². The van der Waals surface area contributed by atoms with Gasteiger partial charge in [-0.1, -0.05) is 0 Å². The third kappa shape index (κ3) is 2.24. The third-order valence-corrected chi connectivity index (χ3v) is 2.65. The molecule has 0 aromatic carbocycles. The molecule has 0 atom stereocenters. The Balaban J connectivity index is 3.05. The predicted molar refractivity (Wildman–Crippen MR) is 50.9 cm³/mol. The first-order valence-electron chi connectivity index (χ1n) is 3.77. The number of halogens is 1. The number of rotatable bonds is 2. The molecule has 0 aromatic heterocycles. The van der Waals surface area contributed by atoms with Gasteiger partial charge in [-0.15, -0.1) is 0 Å². The average Bonchev–Trinajstić information content (AvgIpc) is 2.04. The monoisotopic (exact) mass is 245 g/mol. The summed E-state index contributed by atoms with van der Waals surface area (Å²) in [7, 11) is 0. The van der Waals surface area contributed by atoms with Gasteiger partial charge in [-0.25, -0.2) is 0 Å². The van der Waals surface area contributed by atoms with E-state index < -0.39 is 4.92 Å². The molecule has 70 valence electrons. The lowest BCUT2D eigenvalue weighted by Crippen LogP contribution is -2.08. The minimum absolute atomic E-state index is 0.00329. The van der Waals surface area contributed by atoms with Gasteiger partial charge in [-0.2, -0.15) is 0 Å². The Labute approximate surface area is 83.6 Å². The molecule has 0 aromatic rings. The molecule has 13 heavy (non-hydrogen) atoms. The van der Waals surface area contributed by atoms with Crippen molar-refractivity contribution in [3.8, 4) is 0 Å². The quantitative estimate of drug-likeness (QED) is 0.554. The van der Waals surface area contributed by atoms with Gasteiger partial charge in [0, 0.05) is 11.6 Å². The van der Waals surface area contributed by atoms with E-state index in [1.54, 1.807) is 0 Å². The van der Waals surface area contributed by atoms with Crippen molar-refractivity contribution >= 4 is 21.7 Å². The van der Waals surface area contributed by atoms with Gasteiger partial charge in [0.15, 0.2) is 5.78 Å². The fourth-order valence-corrected chi connectivity index (χ4v) is 1.57. The number of Topliss-reactive ketones (excluding diaryl/α,β-unsaturated/α-hetero) is 1. The SMILES string of the molecule is CC(=O)C1=CC([N+](=O)[O-])=C(Br)CC1. The summed E-state index contributed by atoms with van der Waals surface area (Å²) in [6, 6.07) is 0.